The highest BCUT2D eigenvalue weighted by Gasteiger charge is 2.14. The molecule has 0 bridgehead atoms. The monoisotopic (exact) mass is 283 g/mol. The van der Waals surface area contributed by atoms with Gasteiger partial charge < -0.3 is 5.21 Å². The maximum Gasteiger partial charge on any atom is 0.216 e. The number of aromatic nitrogens is 3. The number of halogens is 2. The summed E-state index contributed by atoms with van der Waals surface area (Å²) in [5, 5.41) is 11.3. The molecule has 0 radical (unpaired) electrons. The van der Waals surface area contributed by atoms with Gasteiger partial charge in [0.1, 0.15) is 0 Å². The van der Waals surface area contributed by atoms with Gasteiger partial charge in [-0.1, -0.05) is 0 Å². The average Bonchev–Trinajstić information content (AvgIpc) is 2.25. The van der Waals surface area contributed by atoms with Crippen LogP contribution in [0.4, 0.5) is 4.39 Å². The molecule has 4 nitrogen and oxygen atoms in total. The molecule has 0 aromatic carbocycles. The fraction of sp³-hybridized carbons (Fsp3) is 0.100. The molecule has 0 spiro atoms. The fourth-order valence-corrected chi connectivity index (χ4v) is 1.49. The Labute approximate surface area is 99.5 Å². The minimum atomic E-state index is -0.609. The smallest absolute Gasteiger partial charge is 0.216 e. The molecular formula is C10H7BrFN3O. The first-order valence-electron chi connectivity index (χ1n) is 4.45. The first kappa shape index (κ1) is 10.9. The highest BCUT2D eigenvalue weighted by atomic mass is 79.9. The summed E-state index contributed by atoms with van der Waals surface area (Å²) in [6.07, 6.45) is 3.96. The zero-order valence-electron chi connectivity index (χ0n) is 8.32. The Bertz CT molecular complexity index is 530. The molecule has 16 heavy (non-hydrogen) atoms. The molecule has 2 heterocycles. The molecule has 0 amide bonds. The zero-order valence-corrected chi connectivity index (χ0v) is 9.90. The van der Waals surface area contributed by atoms with Gasteiger partial charge in [-0.25, -0.2) is 14.4 Å². The number of pyridine rings is 1. The van der Waals surface area contributed by atoms with Crippen LogP contribution >= 0.6 is 15.9 Å². The van der Waals surface area contributed by atoms with Gasteiger partial charge in [-0.3, -0.25) is 0 Å². The zero-order chi connectivity index (χ0) is 11.7. The van der Waals surface area contributed by atoms with E-state index in [1.807, 2.05) is 0 Å². The van der Waals surface area contributed by atoms with Crippen molar-refractivity contribution in [3.05, 3.63) is 45.8 Å². The minimum absolute atomic E-state index is 0.324. The highest BCUT2D eigenvalue weighted by Crippen LogP contribution is 2.18. The molecule has 0 fully saturated rings. The van der Waals surface area contributed by atoms with E-state index >= 15 is 0 Å². The summed E-state index contributed by atoms with van der Waals surface area (Å²) in [6, 6.07) is 1.24. The van der Waals surface area contributed by atoms with Gasteiger partial charge in [0.2, 0.25) is 11.9 Å². The maximum atomic E-state index is 13.1. The van der Waals surface area contributed by atoms with Crippen molar-refractivity contribution in [2.45, 2.75) is 6.92 Å². The molecule has 0 saturated heterocycles. The summed E-state index contributed by atoms with van der Waals surface area (Å²) in [4.78, 5) is 8.03. The molecular weight excluding hydrogens is 277 g/mol. The number of hydrogen-bond acceptors (Lipinski definition) is 3. The van der Waals surface area contributed by atoms with E-state index in [1.165, 1.54) is 6.07 Å². The van der Waals surface area contributed by atoms with Crippen molar-refractivity contribution in [3.8, 4) is 11.4 Å². The van der Waals surface area contributed by atoms with Crippen molar-refractivity contribution < 1.29 is 9.12 Å². The Balaban J connectivity index is 2.59. The van der Waals surface area contributed by atoms with E-state index in [2.05, 4.69) is 25.9 Å². The van der Waals surface area contributed by atoms with E-state index in [0.717, 1.165) is 10.7 Å². The number of rotatable bonds is 1. The standard InChI is InChI=1S/C10H7BrFN3O/c1-6-9(2-8(12)5-15(6)16)10-13-3-7(11)4-14-10/h2-5H,1H3. The SMILES string of the molecule is Cc1c(-c2ncc(Br)cn2)cc(F)c[n+]1[O-]. The average molecular weight is 284 g/mol. The van der Waals surface area contributed by atoms with Gasteiger partial charge in [-0.2, -0.15) is 4.73 Å². The molecule has 0 N–H and O–H groups in total. The van der Waals surface area contributed by atoms with Crippen LogP contribution in [0.2, 0.25) is 0 Å². The van der Waals surface area contributed by atoms with Gasteiger partial charge in [0.15, 0.2) is 11.6 Å². The first-order valence-corrected chi connectivity index (χ1v) is 5.24. The van der Waals surface area contributed by atoms with E-state index in [1.54, 1.807) is 19.3 Å². The molecule has 2 aromatic rings. The van der Waals surface area contributed by atoms with E-state index in [-0.39, 0.29) is 0 Å². The van der Waals surface area contributed by atoms with Crippen molar-refractivity contribution in [1.29, 1.82) is 0 Å². The van der Waals surface area contributed by atoms with Crippen LogP contribution in [0.3, 0.4) is 0 Å². The Morgan fingerprint density at radius 1 is 1.38 bits per heavy atom. The van der Waals surface area contributed by atoms with Crippen LogP contribution in [-0.2, 0) is 0 Å². The molecule has 0 aliphatic heterocycles. The molecule has 0 atom stereocenters. The van der Waals surface area contributed by atoms with Crippen molar-refractivity contribution in [2.24, 2.45) is 0 Å². The van der Waals surface area contributed by atoms with Gasteiger partial charge in [0.25, 0.3) is 0 Å². The molecule has 2 rings (SSSR count). The quantitative estimate of drug-likeness (QED) is 0.594. The lowest BCUT2D eigenvalue weighted by Crippen LogP contribution is -2.31. The van der Waals surface area contributed by atoms with Gasteiger partial charge in [0, 0.05) is 19.3 Å². The third-order valence-corrected chi connectivity index (χ3v) is 2.51. The van der Waals surface area contributed by atoms with Crippen LogP contribution in [-0.4, -0.2) is 9.97 Å². The molecule has 82 valence electrons. The summed E-state index contributed by atoms with van der Waals surface area (Å²) < 4.78 is 14.3. The van der Waals surface area contributed by atoms with Crippen LogP contribution in [0.5, 0.6) is 0 Å². The lowest BCUT2D eigenvalue weighted by Gasteiger charge is -2.05. The topological polar surface area (TPSA) is 52.7 Å². The second-order valence-electron chi connectivity index (χ2n) is 3.21. The summed E-state index contributed by atoms with van der Waals surface area (Å²) in [5.41, 5.74) is 0.756. The van der Waals surface area contributed by atoms with Gasteiger partial charge in [0.05, 0.1) is 10.0 Å². The van der Waals surface area contributed by atoms with E-state index in [9.17, 15) is 9.60 Å². The molecule has 0 aliphatic carbocycles. The predicted molar refractivity (Wildman–Crippen MR) is 58.8 cm³/mol. The minimum Gasteiger partial charge on any atom is -0.618 e. The molecule has 6 heteroatoms. The Morgan fingerprint density at radius 2 is 2.00 bits per heavy atom. The van der Waals surface area contributed by atoms with Crippen molar-refractivity contribution in [3.63, 3.8) is 0 Å². The number of nitrogens with zero attached hydrogens (tertiary/aromatic N) is 3. The van der Waals surface area contributed by atoms with Crippen LogP contribution in [0.15, 0.2) is 29.1 Å². The lowest BCUT2D eigenvalue weighted by atomic mass is 10.2. The molecule has 2 aromatic heterocycles. The fourth-order valence-electron chi connectivity index (χ4n) is 1.28. The predicted octanol–water partition coefficient (Wildman–Crippen LogP) is 1.99. The molecule has 0 aliphatic rings. The maximum absolute atomic E-state index is 13.1. The third kappa shape index (κ3) is 2.01. The highest BCUT2D eigenvalue weighted by molar-refractivity contribution is 9.10. The molecule has 0 unspecified atom stereocenters. The van der Waals surface area contributed by atoms with E-state index in [0.29, 0.717) is 21.8 Å². The van der Waals surface area contributed by atoms with Crippen molar-refractivity contribution in [1.82, 2.24) is 9.97 Å². The van der Waals surface area contributed by atoms with Gasteiger partial charge in [-0.15, -0.1) is 0 Å². The van der Waals surface area contributed by atoms with Gasteiger partial charge in [-0.05, 0) is 22.0 Å². The lowest BCUT2D eigenvalue weighted by molar-refractivity contribution is -0.613. The van der Waals surface area contributed by atoms with Crippen molar-refractivity contribution >= 4 is 15.9 Å². The largest absolute Gasteiger partial charge is 0.618 e. The van der Waals surface area contributed by atoms with Crippen molar-refractivity contribution in [2.75, 3.05) is 0 Å². The van der Waals surface area contributed by atoms with Crippen LogP contribution < -0.4 is 4.73 Å². The van der Waals surface area contributed by atoms with Crippen LogP contribution in [0.25, 0.3) is 11.4 Å². The molecule has 0 saturated carbocycles. The second-order valence-corrected chi connectivity index (χ2v) is 4.12. The third-order valence-electron chi connectivity index (χ3n) is 2.10. The van der Waals surface area contributed by atoms with Crippen LogP contribution in [0.1, 0.15) is 5.69 Å². The first-order chi connectivity index (χ1) is 7.58. The summed E-state index contributed by atoms with van der Waals surface area (Å²) in [6.45, 7) is 1.59. The Morgan fingerprint density at radius 3 is 2.62 bits per heavy atom. The second kappa shape index (κ2) is 4.13. The summed E-state index contributed by atoms with van der Waals surface area (Å²) in [7, 11) is 0. The van der Waals surface area contributed by atoms with Gasteiger partial charge >= 0.3 is 0 Å². The number of hydrogen-bond donors (Lipinski definition) is 0. The van der Waals surface area contributed by atoms with E-state index in [4.69, 9.17) is 0 Å². The summed E-state index contributed by atoms with van der Waals surface area (Å²) in [5.74, 6) is -0.285. The van der Waals surface area contributed by atoms with E-state index < -0.39 is 5.82 Å². The Kier molecular flexibility index (Phi) is 2.82. The summed E-state index contributed by atoms with van der Waals surface area (Å²) >= 11 is 3.20. The normalized spacial score (nSPS) is 10.4. The van der Waals surface area contributed by atoms with Crippen LogP contribution in [0, 0.1) is 17.9 Å². The Hall–Kier alpha value is -1.56.